The van der Waals surface area contributed by atoms with Gasteiger partial charge in [0.1, 0.15) is 0 Å². The first-order chi connectivity index (χ1) is 14.6. The van der Waals surface area contributed by atoms with Gasteiger partial charge in [0.15, 0.2) is 5.96 Å². The Morgan fingerprint density at radius 3 is 2.87 bits per heavy atom. The average molecular weight is 417 g/mol. The highest BCUT2D eigenvalue weighted by Gasteiger charge is 2.23. The predicted octanol–water partition coefficient (Wildman–Crippen LogP) is 2.44. The molecule has 166 valence electrons. The van der Waals surface area contributed by atoms with Crippen molar-refractivity contribution in [3.63, 3.8) is 0 Å². The van der Waals surface area contributed by atoms with E-state index >= 15 is 0 Å². The van der Waals surface area contributed by atoms with E-state index in [2.05, 4.69) is 41.4 Å². The molecule has 2 aliphatic rings. The quantitative estimate of drug-likeness (QED) is 0.502. The van der Waals surface area contributed by atoms with Gasteiger partial charge in [0.05, 0.1) is 19.3 Å². The number of nitrogens with zero attached hydrogens (tertiary/aromatic N) is 2. The summed E-state index contributed by atoms with van der Waals surface area (Å²) in [6, 6.07) is 8.47. The second-order valence-corrected chi connectivity index (χ2v) is 8.24. The van der Waals surface area contributed by atoms with Crippen LogP contribution in [0, 0.1) is 5.92 Å². The van der Waals surface area contributed by atoms with Crippen LogP contribution in [0.15, 0.2) is 29.3 Å². The molecule has 0 bridgehead atoms. The zero-order chi connectivity index (χ0) is 21.2. The Bertz CT molecular complexity index is 703. The maximum Gasteiger partial charge on any atom is 0.217 e. The number of nitrogens with one attached hydrogen (secondary N) is 1. The number of carbonyl (C=O) groups is 1. The number of piperidine rings is 1. The summed E-state index contributed by atoms with van der Waals surface area (Å²) in [5.74, 6) is 1.00. The van der Waals surface area contributed by atoms with Crippen LogP contribution < -0.4 is 11.1 Å². The standard InChI is InChI=1S/C23H36N4O3/c1-2-25-23(27-10-4-7-19(16-27)14-22(24)28)26-15-18-5-3-6-20(13-18)17-30-21-8-11-29-12-9-21/h3,5-6,13,19,21H,2,4,7-12,14-17H2,1H3,(H2,24,28)(H,25,26). The number of benzene rings is 1. The van der Waals surface area contributed by atoms with Gasteiger partial charge in [-0.05, 0) is 49.7 Å². The molecular formula is C23H36N4O3. The lowest BCUT2D eigenvalue weighted by Gasteiger charge is -2.34. The molecule has 0 saturated carbocycles. The molecule has 2 fully saturated rings. The van der Waals surface area contributed by atoms with Gasteiger partial charge in [0.2, 0.25) is 5.91 Å². The van der Waals surface area contributed by atoms with E-state index in [9.17, 15) is 4.79 Å². The smallest absolute Gasteiger partial charge is 0.217 e. The van der Waals surface area contributed by atoms with Crippen molar-refractivity contribution in [2.75, 3.05) is 32.8 Å². The highest BCUT2D eigenvalue weighted by molar-refractivity contribution is 5.80. The van der Waals surface area contributed by atoms with Crippen LogP contribution in [0.2, 0.25) is 0 Å². The molecule has 7 heteroatoms. The second-order valence-electron chi connectivity index (χ2n) is 8.24. The van der Waals surface area contributed by atoms with E-state index in [0.717, 1.165) is 64.5 Å². The first-order valence-corrected chi connectivity index (χ1v) is 11.2. The molecule has 2 aliphatic heterocycles. The monoisotopic (exact) mass is 416 g/mol. The zero-order valence-electron chi connectivity index (χ0n) is 18.1. The topological polar surface area (TPSA) is 89.2 Å². The maximum absolute atomic E-state index is 11.3. The lowest BCUT2D eigenvalue weighted by molar-refractivity contribution is -0.119. The summed E-state index contributed by atoms with van der Waals surface area (Å²) in [5.41, 5.74) is 7.75. The van der Waals surface area contributed by atoms with Crippen LogP contribution in [0.3, 0.4) is 0 Å². The van der Waals surface area contributed by atoms with E-state index in [1.165, 1.54) is 11.1 Å². The Morgan fingerprint density at radius 1 is 1.30 bits per heavy atom. The van der Waals surface area contributed by atoms with Crippen molar-refractivity contribution in [3.8, 4) is 0 Å². The Labute approximate surface area is 180 Å². The van der Waals surface area contributed by atoms with Gasteiger partial charge in [0.25, 0.3) is 0 Å². The molecule has 30 heavy (non-hydrogen) atoms. The Morgan fingerprint density at radius 2 is 2.10 bits per heavy atom. The van der Waals surface area contributed by atoms with Crippen molar-refractivity contribution in [2.45, 2.75) is 58.3 Å². The third-order valence-electron chi connectivity index (χ3n) is 5.70. The number of carbonyl (C=O) groups excluding carboxylic acids is 1. The van der Waals surface area contributed by atoms with Crippen LogP contribution in [0.1, 0.15) is 50.2 Å². The Kier molecular flexibility index (Phi) is 8.96. The average Bonchev–Trinajstić information content (AvgIpc) is 2.76. The summed E-state index contributed by atoms with van der Waals surface area (Å²) < 4.78 is 11.4. The molecule has 0 spiro atoms. The number of rotatable bonds is 8. The minimum Gasteiger partial charge on any atom is -0.381 e. The number of hydrogen-bond donors (Lipinski definition) is 2. The van der Waals surface area contributed by atoms with Gasteiger partial charge in [-0.1, -0.05) is 24.3 Å². The van der Waals surface area contributed by atoms with Gasteiger partial charge in [0, 0.05) is 39.3 Å². The lowest BCUT2D eigenvalue weighted by Crippen LogP contribution is -2.47. The molecule has 0 radical (unpaired) electrons. The number of nitrogens with two attached hydrogens (primary N) is 1. The highest BCUT2D eigenvalue weighted by atomic mass is 16.5. The summed E-state index contributed by atoms with van der Waals surface area (Å²) in [7, 11) is 0. The van der Waals surface area contributed by atoms with Gasteiger partial charge in [-0.25, -0.2) is 4.99 Å². The van der Waals surface area contributed by atoms with Crippen molar-refractivity contribution in [1.29, 1.82) is 0 Å². The molecule has 1 unspecified atom stereocenters. The summed E-state index contributed by atoms with van der Waals surface area (Å²) in [5, 5.41) is 3.40. The van der Waals surface area contributed by atoms with Crippen molar-refractivity contribution in [2.24, 2.45) is 16.6 Å². The number of amides is 1. The van der Waals surface area contributed by atoms with Crippen LogP contribution in [-0.4, -0.2) is 55.7 Å². The van der Waals surface area contributed by atoms with Gasteiger partial charge >= 0.3 is 0 Å². The number of aliphatic imine (C=N–C) groups is 1. The summed E-state index contributed by atoms with van der Waals surface area (Å²) in [6.45, 7) is 7.51. The van der Waals surface area contributed by atoms with Gasteiger partial charge in [-0.3, -0.25) is 4.79 Å². The van der Waals surface area contributed by atoms with Crippen molar-refractivity contribution in [3.05, 3.63) is 35.4 Å². The fourth-order valence-corrected chi connectivity index (χ4v) is 4.18. The van der Waals surface area contributed by atoms with Crippen molar-refractivity contribution in [1.82, 2.24) is 10.2 Å². The minimum atomic E-state index is -0.219. The molecule has 1 aromatic rings. The lowest BCUT2D eigenvalue weighted by atomic mass is 9.95. The third-order valence-corrected chi connectivity index (χ3v) is 5.70. The number of primary amides is 1. The molecule has 7 nitrogen and oxygen atoms in total. The number of likely N-dealkylation sites (tertiary alicyclic amines) is 1. The molecule has 1 atom stereocenters. The van der Waals surface area contributed by atoms with E-state index < -0.39 is 0 Å². The summed E-state index contributed by atoms with van der Waals surface area (Å²) in [4.78, 5) is 18.4. The van der Waals surface area contributed by atoms with Crippen LogP contribution in [0.25, 0.3) is 0 Å². The van der Waals surface area contributed by atoms with E-state index in [-0.39, 0.29) is 5.91 Å². The van der Waals surface area contributed by atoms with Gasteiger partial charge in [-0.2, -0.15) is 0 Å². The van der Waals surface area contributed by atoms with E-state index in [1.807, 2.05) is 0 Å². The third kappa shape index (κ3) is 7.29. The molecule has 1 amide bonds. The van der Waals surface area contributed by atoms with Crippen LogP contribution in [-0.2, 0) is 27.4 Å². The largest absolute Gasteiger partial charge is 0.381 e. The molecule has 0 aromatic heterocycles. The van der Waals surface area contributed by atoms with Gasteiger partial charge in [-0.15, -0.1) is 0 Å². The molecule has 2 heterocycles. The van der Waals surface area contributed by atoms with Crippen molar-refractivity contribution < 1.29 is 14.3 Å². The normalized spacial score (nSPS) is 20.9. The molecule has 3 N–H and O–H groups in total. The molecule has 3 rings (SSSR count). The van der Waals surface area contributed by atoms with E-state index in [4.69, 9.17) is 20.2 Å². The second kappa shape index (κ2) is 11.9. The van der Waals surface area contributed by atoms with Crippen LogP contribution in [0.5, 0.6) is 0 Å². The minimum absolute atomic E-state index is 0.219. The fourth-order valence-electron chi connectivity index (χ4n) is 4.18. The molecule has 1 aromatic carbocycles. The zero-order valence-corrected chi connectivity index (χ0v) is 18.1. The van der Waals surface area contributed by atoms with Crippen LogP contribution >= 0.6 is 0 Å². The SMILES string of the molecule is CCNC(=NCc1cccc(COC2CCOCC2)c1)N1CCCC(CC(N)=O)C1. The Balaban J connectivity index is 1.57. The number of guanidine groups is 1. The molecule has 2 saturated heterocycles. The Hall–Kier alpha value is -2.12. The van der Waals surface area contributed by atoms with Crippen molar-refractivity contribution >= 4 is 11.9 Å². The first-order valence-electron chi connectivity index (χ1n) is 11.2. The van der Waals surface area contributed by atoms with Gasteiger partial charge < -0.3 is 25.4 Å². The molecular weight excluding hydrogens is 380 g/mol. The highest BCUT2D eigenvalue weighted by Crippen LogP contribution is 2.20. The maximum atomic E-state index is 11.3. The number of hydrogen-bond acceptors (Lipinski definition) is 4. The molecule has 0 aliphatic carbocycles. The van der Waals surface area contributed by atoms with E-state index in [1.54, 1.807) is 0 Å². The summed E-state index contributed by atoms with van der Waals surface area (Å²) in [6.07, 6.45) is 4.80. The summed E-state index contributed by atoms with van der Waals surface area (Å²) >= 11 is 0. The fraction of sp³-hybridized carbons (Fsp3) is 0.652. The van der Waals surface area contributed by atoms with Crippen LogP contribution in [0.4, 0.5) is 0 Å². The predicted molar refractivity (Wildman–Crippen MR) is 118 cm³/mol. The first kappa shape index (κ1) is 22.6. The van der Waals surface area contributed by atoms with E-state index in [0.29, 0.717) is 31.6 Å². The number of ether oxygens (including phenoxy) is 2.